The second-order valence-electron chi connectivity index (χ2n) is 14.1. The molecule has 8 rings (SSSR count). The van der Waals surface area contributed by atoms with E-state index in [2.05, 4.69) is 42.0 Å². The van der Waals surface area contributed by atoms with E-state index in [-0.39, 0.29) is 17.7 Å². The van der Waals surface area contributed by atoms with Crippen LogP contribution in [0.3, 0.4) is 0 Å². The number of benzene rings is 1. The molecule has 5 aliphatic rings. The summed E-state index contributed by atoms with van der Waals surface area (Å²) >= 11 is 0. The number of para-hydroxylation sites is 1. The van der Waals surface area contributed by atoms with Gasteiger partial charge in [-0.1, -0.05) is 12.1 Å². The van der Waals surface area contributed by atoms with Crippen molar-refractivity contribution >= 4 is 29.1 Å². The number of nitrogens with one attached hydrogen (secondary N) is 1. The van der Waals surface area contributed by atoms with E-state index in [1.807, 2.05) is 30.6 Å². The first-order valence-corrected chi connectivity index (χ1v) is 16.8. The summed E-state index contributed by atoms with van der Waals surface area (Å²) in [5.74, 6) is 0.996. The van der Waals surface area contributed by atoms with Crippen molar-refractivity contribution < 1.29 is 15.0 Å². The van der Waals surface area contributed by atoms with Gasteiger partial charge < -0.3 is 30.2 Å². The first kappa shape index (κ1) is 29.2. The second-order valence-corrected chi connectivity index (χ2v) is 14.1. The Morgan fingerprint density at radius 3 is 2.46 bits per heavy atom. The Balaban J connectivity index is 0.866. The summed E-state index contributed by atoms with van der Waals surface area (Å²) in [7, 11) is 0. The predicted octanol–water partition coefficient (Wildman–Crippen LogP) is 3.69. The van der Waals surface area contributed by atoms with E-state index in [0.29, 0.717) is 28.8 Å². The first-order valence-electron chi connectivity index (χ1n) is 16.8. The third kappa shape index (κ3) is 5.26. The van der Waals surface area contributed by atoms with Crippen molar-refractivity contribution in [3.8, 4) is 17.0 Å². The van der Waals surface area contributed by atoms with Gasteiger partial charge in [0, 0.05) is 63.5 Å². The molecular formula is C34H43N9O3. The lowest BCUT2D eigenvalue weighted by atomic mass is 9.56. The number of rotatable bonds is 5. The number of carboxylic acids is 1. The maximum absolute atomic E-state index is 11.4. The number of aliphatic carboxylic acids is 1. The molecule has 0 radical (unpaired) electrons. The van der Waals surface area contributed by atoms with Crippen molar-refractivity contribution in [3.63, 3.8) is 0 Å². The van der Waals surface area contributed by atoms with E-state index in [1.165, 1.54) is 12.8 Å². The van der Waals surface area contributed by atoms with Crippen LogP contribution in [0.25, 0.3) is 11.3 Å². The minimum absolute atomic E-state index is 0.131. The van der Waals surface area contributed by atoms with Crippen LogP contribution in [0, 0.1) is 11.3 Å². The van der Waals surface area contributed by atoms with Crippen LogP contribution in [-0.4, -0.2) is 105 Å². The number of carbonyl (C=O) groups is 1. The van der Waals surface area contributed by atoms with Crippen LogP contribution in [0.15, 0.2) is 42.7 Å². The van der Waals surface area contributed by atoms with Gasteiger partial charge in [-0.15, -0.1) is 10.2 Å². The molecule has 1 spiro atoms. The molecule has 46 heavy (non-hydrogen) atoms. The molecule has 5 heterocycles. The number of phenolic OH excluding ortho intramolecular Hbond substituents is 1. The van der Waals surface area contributed by atoms with Gasteiger partial charge in [0.25, 0.3) is 0 Å². The summed E-state index contributed by atoms with van der Waals surface area (Å²) in [6.07, 6.45) is 10.3. The van der Waals surface area contributed by atoms with Gasteiger partial charge in [-0.25, -0.2) is 9.97 Å². The Hall–Kier alpha value is -4.19. The smallest absolute Gasteiger partial charge is 0.306 e. The summed E-state index contributed by atoms with van der Waals surface area (Å²) in [5.41, 5.74) is 3.82. The maximum atomic E-state index is 11.4. The van der Waals surface area contributed by atoms with Crippen molar-refractivity contribution in [2.45, 2.75) is 63.6 Å². The van der Waals surface area contributed by atoms with E-state index < -0.39 is 5.97 Å². The molecule has 12 nitrogen and oxygen atoms in total. The highest BCUT2D eigenvalue weighted by Crippen LogP contribution is 2.54. The molecule has 12 heteroatoms. The molecule has 3 N–H and O–H groups in total. The summed E-state index contributed by atoms with van der Waals surface area (Å²) in [6.45, 7) is 8.49. The lowest BCUT2D eigenvalue weighted by Gasteiger charge is -2.57. The number of hydrogen-bond acceptors (Lipinski definition) is 11. The largest absolute Gasteiger partial charge is 0.507 e. The molecule has 2 aromatic heterocycles. The fourth-order valence-electron chi connectivity index (χ4n) is 8.74. The minimum atomic E-state index is -0.612. The second kappa shape index (κ2) is 11.6. The summed E-state index contributed by atoms with van der Waals surface area (Å²) in [4.78, 5) is 30.8. The minimum Gasteiger partial charge on any atom is -0.507 e. The lowest BCUT2D eigenvalue weighted by Crippen LogP contribution is -2.61. The molecule has 4 fully saturated rings. The molecule has 0 bridgehead atoms. The molecule has 3 aromatic rings. The SMILES string of the molecule is C[C@H]1CN(c2cnc(N3CCN4c5cc(-c6ccccc6O)nnc5NC[C@H]4C3)nc2)CCN1C1CC2(CCC(C(=O)O)CC2)C1. The third-order valence-corrected chi connectivity index (χ3v) is 11.4. The Morgan fingerprint density at radius 1 is 0.957 bits per heavy atom. The van der Waals surface area contributed by atoms with Gasteiger partial charge in [-0.05, 0) is 69.1 Å². The predicted molar refractivity (Wildman–Crippen MR) is 176 cm³/mol. The average molecular weight is 626 g/mol. The van der Waals surface area contributed by atoms with Crippen LogP contribution in [0.5, 0.6) is 5.75 Å². The number of aromatic hydroxyl groups is 1. The van der Waals surface area contributed by atoms with E-state index in [1.54, 1.807) is 12.1 Å². The molecule has 2 atom stereocenters. The fraction of sp³-hybridized carbons (Fsp3) is 0.559. The molecule has 242 valence electrons. The number of fused-ring (bicyclic) bond motifs is 3. The lowest BCUT2D eigenvalue weighted by molar-refractivity contribution is -0.145. The summed E-state index contributed by atoms with van der Waals surface area (Å²) < 4.78 is 0. The number of carboxylic acid groups (broad SMARTS) is 1. The maximum Gasteiger partial charge on any atom is 0.306 e. The quantitative estimate of drug-likeness (QED) is 0.382. The summed E-state index contributed by atoms with van der Waals surface area (Å²) in [5, 5.41) is 32.0. The molecule has 0 unspecified atom stereocenters. The molecule has 2 saturated carbocycles. The van der Waals surface area contributed by atoms with Crippen LogP contribution in [0.4, 0.5) is 23.1 Å². The number of nitrogens with zero attached hydrogens (tertiary/aromatic N) is 8. The molecule has 0 amide bonds. The van der Waals surface area contributed by atoms with Crippen molar-refractivity contribution in [2.24, 2.45) is 11.3 Å². The van der Waals surface area contributed by atoms with Crippen LogP contribution >= 0.6 is 0 Å². The van der Waals surface area contributed by atoms with Gasteiger partial charge in [-0.2, -0.15) is 0 Å². The third-order valence-electron chi connectivity index (χ3n) is 11.4. The zero-order chi connectivity index (χ0) is 31.4. The Kier molecular flexibility index (Phi) is 7.34. The van der Waals surface area contributed by atoms with Crippen molar-refractivity contribution in [2.75, 3.05) is 65.8 Å². The molecule has 3 aliphatic heterocycles. The fourth-order valence-corrected chi connectivity index (χ4v) is 8.74. The standard InChI is InChI=1S/C34H43N9O3/c1-22-20-40(10-12-42(22)24-15-34(16-24)8-6-23(7-9-34)32(45)46)25-17-36-33(37-18-25)41-11-13-43-26(21-41)19-35-31-29(43)14-28(38-39-31)27-4-2-3-5-30(27)44/h2-5,14,17-18,22-24,26,44H,6-13,15-16,19-21H2,1H3,(H,35,39)(H,45,46)/t22-,23?,24?,26-,34?/m0/s1. The van der Waals surface area contributed by atoms with Crippen LogP contribution in [0.1, 0.15) is 45.4 Å². The van der Waals surface area contributed by atoms with Crippen LogP contribution in [-0.2, 0) is 4.79 Å². The highest BCUT2D eigenvalue weighted by molar-refractivity contribution is 5.76. The number of aromatic nitrogens is 4. The Morgan fingerprint density at radius 2 is 1.72 bits per heavy atom. The Labute approximate surface area is 269 Å². The highest BCUT2D eigenvalue weighted by atomic mass is 16.4. The topological polar surface area (TPSA) is 134 Å². The van der Waals surface area contributed by atoms with E-state index in [9.17, 15) is 15.0 Å². The van der Waals surface area contributed by atoms with Crippen LogP contribution in [0.2, 0.25) is 0 Å². The van der Waals surface area contributed by atoms with Gasteiger partial charge in [-0.3, -0.25) is 9.69 Å². The van der Waals surface area contributed by atoms with Gasteiger partial charge in [0.2, 0.25) is 5.95 Å². The van der Waals surface area contributed by atoms with E-state index in [0.717, 1.165) is 94.6 Å². The monoisotopic (exact) mass is 625 g/mol. The number of hydrogen-bond donors (Lipinski definition) is 3. The normalized spacial score (nSPS) is 29.5. The number of anilines is 4. The van der Waals surface area contributed by atoms with Crippen molar-refractivity contribution in [3.05, 3.63) is 42.7 Å². The number of phenols is 1. The van der Waals surface area contributed by atoms with Gasteiger partial charge in [0.1, 0.15) is 5.75 Å². The van der Waals surface area contributed by atoms with Crippen molar-refractivity contribution in [1.29, 1.82) is 0 Å². The molecule has 2 aliphatic carbocycles. The van der Waals surface area contributed by atoms with Gasteiger partial charge in [0.15, 0.2) is 5.82 Å². The van der Waals surface area contributed by atoms with Crippen molar-refractivity contribution in [1.82, 2.24) is 25.1 Å². The average Bonchev–Trinajstić information content (AvgIpc) is 3.07. The van der Waals surface area contributed by atoms with E-state index in [4.69, 9.17) is 9.97 Å². The Bertz CT molecular complexity index is 1590. The van der Waals surface area contributed by atoms with E-state index >= 15 is 0 Å². The summed E-state index contributed by atoms with van der Waals surface area (Å²) in [6, 6.07) is 10.6. The van der Waals surface area contributed by atoms with Crippen LogP contribution < -0.4 is 20.0 Å². The molecule has 1 aromatic carbocycles. The highest BCUT2D eigenvalue weighted by Gasteiger charge is 2.50. The first-order chi connectivity index (χ1) is 22.4. The molecule has 2 saturated heterocycles. The zero-order valence-corrected chi connectivity index (χ0v) is 26.4. The number of piperazine rings is 2. The van der Waals surface area contributed by atoms with Gasteiger partial charge in [0.05, 0.1) is 41.4 Å². The zero-order valence-electron chi connectivity index (χ0n) is 26.4. The van der Waals surface area contributed by atoms with Gasteiger partial charge >= 0.3 is 5.97 Å². The molecular weight excluding hydrogens is 582 g/mol.